The topological polar surface area (TPSA) is 87.5 Å². The molecule has 190 valence electrons. The molecule has 1 atom stereocenters. The lowest BCUT2D eigenvalue weighted by Crippen LogP contribution is -2.29. The van der Waals surface area contributed by atoms with Gasteiger partial charge in [-0.25, -0.2) is 13.9 Å². The molecule has 3 aromatic rings. The molecule has 0 bridgehead atoms. The zero-order chi connectivity index (χ0) is 25.8. The summed E-state index contributed by atoms with van der Waals surface area (Å²) in [5, 5.41) is 8.46. The van der Waals surface area contributed by atoms with Gasteiger partial charge in [-0.1, -0.05) is 36.9 Å². The van der Waals surface area contributed by atoms with Gasteiger partial charge in [-0.2, -0.15) is 4.98 Å². The zero-order valence-corrected chi connectivity index (χ0v) is 22.7. The van der Waals surface area contributed by atoms with E-state index in [0.29, 0.717) is 49.5 Å². The fourth-order valence-electron chi connectivity index (χ4n) is 3.87. The molecule has 36 heavy (non-hydrogen) atoms. The van der Waals surface area contributed by atoms with Gasteiger partial charge in [0.1, 0.15) is 18.5 Å². The van der Waals surface area contributed by atoms with E-state index in [-0.39, 0.29) is 12.4 Å². The Balaban J connectivity index is 1.76. The van der Waals surface area contributed by atoms with Gasteiger partial charge in [0.05, 0.1) is 24.3 Å². The SMILES string of the molecule is CCCSc1nc2n(n1)C(c1cc(Br)c(OCc3ccccc3F)c(OC)c1)C(C(=O)OC)=C(C)N2. The Hall–Kier alpha value is -3.05. The van der Waals surface area contributed by atoms with E-state index >= 15 is 0 Å². The number of thioether (sulfide) groups is 1. The van der Waals surface area contributed by atoms with Crippen LogP contribution in [0.4, 0.5) is 10.3 Å². The minimum Gasteiger partial charge on any atom is -0.493 e. The standard InChI is InChI=1S/C25H26BrFN4O4S/c1-5-10-36-25-29-24-28-14(2)20(23(32)34-4)21(31(24)30-25)16-11-17(26)22(19(12-16)33-3)35-13-15-8-6-7-9-18(15)27/h6-9,11-12,21H,5,10,13H2,1-4H3,(H,28,29,30). The lowest BCUT2D eigenvalue weighted by atomic mass is 9.95. The van der Waals surface area contributed by atoms with Crippen molar-refractivity contribution in [1.82, 2.24) is 14.8 Å². The van der Waals surface area contributed by atoms with Crippen LogP contribution in [0.25, 0.3) is 0 Å². The predicted molar refractivity (Wildman–Crippen MR) is 139 cm³/mol. The van der Waals surface area contributed by atoms with E-state index in [9.17, 15) is 9.18 Å². The fourth-order valence-corrected chi connectivity index (χ4v) is 5.13. The van der Waals surface area contributed by atoms with E-state index in [1.54, 1.807) is 47.6 Å². The summed E-state index contributed by atoms with van der Waals surface area (Å²) in [6.07, 6.45) is 0.981. The summed E-state index contributed by atoms with van der Waals surface area (Å²) in [4.78, 5) is 17.5. The largest absolute Gasteiger partial charge is 0.493 e. The van der Waals surface area contributed by atoms with Crippen LogP contribution < -0.4 is 14.8 Å². The molecule has 8 nitrogen and oxygen atoms in total. The third kappa shape index (κ3) is 5.22. The van der Waals surface area contributed by atoms with Crippen LogP contribution in [0, 0.1) is 5.82 Å². The van der Waals surface area contributed by atoms with Crippen LogP contribution in [-0.2, 0) is 16.1 Å². The highest BCUT2D eigenvalue weighted by atomic mass is 79.9. The number of esters is 1. The van der Waals surface area contributed by atoms with Crippen molar-refractivity contribution in [2.45, 2.75) is 38.1 Å². The Morgan fingerprint density at radius 2 is 2.06 bits per heavy atom. The number of methoxy groups -OCH3 is 2. The number of ether oxygens (including phenoxy) is 3. The molecule has 1 unspecified atom stereocenters. The summed E-state index contributed by atoms with van der Waals surface area (Å²) in [6.45, 7) is 3.91. The van der Waals surface area contributed by atoms with E-state index in [2.05, 4.69) is 38.3 Å². The third-order valence-corrected chi connectivity index (χ3v) is 7.20. The number of nitrogens with one attached hydrogen (secondary N) is 1. The molecule has 1 aliphatic rings. The Kier molecular flexibility index (Phi) is 8.20. The molecular weight excluding hydrogens is 551 g/mol. The van der Waals surface area contributed by atoms with Gasteiger partial charge < -0.3 is 19.5 Å². The van der Waals surface area contributed by atoms with Crippen molar-refractivity contribution in [1.29, 1.82) is 0 Å². The van der Waals surface area contributed by atoms with Crippen LogP contribution in [-0.4, -0.2) is 40.7 Å². The lowest BCUT2D eigenvalue weighted by Gasteiger charge is -2.28. The highest BCUT2D eigenvalue weighted by Crippen LogP contribution is 2.43. The molecule has 1 aliphatic heterocycles. The van der Waals surface area contributed by atoms with Crippen LogP contribution in [0.1, 0.15) is 37.4 Å². The van der Waals surface area contributed by atoms with Crippen LogP contribution in [0.5, 0.6) is 11.5 Å². The Morgan fingerprint density at radius 3 is 2.75 bits per heavy atom. The summed E-state index contributed by atoms with van der Waals surface area (Å²) >= 11 is 5.11. The van der Waals surface area contributed by atoms with Crippen molar-refractivity contribution < 1.29 is 23.4 Å². The predicted octanol–water partition coefficient (Wildman–Crippen LogP) is 5.73. The number of hydrogen-bond donors (Lipinski definition) is 1. The maximum atomic E-state index is 14.1. The molecule has 0 saturated heterocycles. The number of benzene rings is 2. The van der Waals surface area contributed by atoms with Gasteiger partial charge >= 0.3 is 5.97 Å². The first kappa shape index (κ1) is 26.0. The minimum absolute atomic E-state index is 0.0198. The molecule has 11 heteroatoms. The molecule has 1 N–H and O–H groups in total. The number of allylic oxidation sites excluding steroid dienone is 1. The number of carbonyl (C=O) groups is 1. The number of carbonyl (C=O) groups excluding carboxylic acids is 1. The van der Waals surface area contributed by atoms with Crippen LogP contribution in [0.2, 0.25) is 0 Å². The van der Waals surface area contributed by atoms with Crippen molar-refractivity contribution in [2.75, 3.05) is 25.3 Å². The minimum atomic E-state index is -0.622. The van der Waals surface area contributed by atoms with Gasteiger partial charge in [-0.15, -0.1) is 5.10 Å². The summed E-state index contributed by atoms with van der Waals surface area (Å²) in [7, 11) is 2.86. The molecule has 0 fully saturated rings. The van der Waals surface area contributed by atoms with Gasteiger partial charge in [-0.05, 0) is 53.0 Å². The molecule has 0 amide bonds. The van der Waals surface area contributed by atoms with Gasteiger partial charge in [-0.3, -0.25) is 0 Å². The second kappa shape index (κ2) is 11.3. The first-order chi connectivity index (χ1) is 17.4. The van der Waals surface area contributed by atoms with E-state index < -0.39 is 12.0 Å². The second-order valence-electron chi connectivity index (χ2n) is 7.98. The van der Waals surface area contributed by atoms with Crippen molar-refractivity contribution in [2.24, 2.45) is 0 Å². The molecular formula is C25H26BrFN4O4S. The van der Waals surface area contributed by atoms with E-state index in [1.807, 2.05) is 6.07 Å². The average Bonchev–Trinajstić information content (AvgIpc) is 3.28. The van der Waals surface area contributed by atoms with E-state index in [1.165, 1.54) is 20.3 Å². The van der Waals surface area contributed by atoms with E-state index in [0.717, 1.165) is 12.2 Å². The third-order valence-electron chi connectivity index (χ3n) is 5.57. The fraction of sp³-hybridized carbons (Fsp3) is 0.320. The Morgan fingerprint density at radius 1 is 1.28 bits per heavy atom. The maximum Gasteiger partial charge on any atom is 0.338 e. The van der Waals surface area contributed by atoms with Crippen LogP contribution >= 0.6 is 27.7 Å². The molecule has 2 aromatic carbocycles. The van der Waals surface area contributed by atoms with Crippen molar-refractivity contribution >= 4 is 39.6 Å². The highest BCUT2D eigenvalue weighted by Gasteiger charge is 2.36. The lowest BCUT2D eigenvalue weighted by molar-refractivity contribution is -0.136. The van der Waals surface area contributed by atoms with Gasteiger partial charge in [0.15, 0.2) is 11.5 Å². The summed E-state index contributed by atoms with van der Waals surface area (Å²) in [5.74, 6) is 1.40. The molecule has 0 radical (unpaired) electrons. The number of fused-ring (bicyclic) bond motifs is 1. The van der Waals surface area contributed by atoms with Gasteiger partial charge in [0, 0.05) is 17.0 Å². The molecule has 1 aromatic heterocycles. The Labute approximate surface area is 221 Å². The average molecular weight is 577 g/mol. The molecule has 0 spiro atoms. The van der Waals surface area contributed by atoms with Crippen LogP contribution in [0.3, 0.4) is 0 Å². The number of aromatic nitrogens is 3. The smallest absolute Gasteiger partial charge is 0.338 e. The maximum absolute atomic E-state index is 14.1. The summed E-state index contributed by atoms with van der Waals surface area (Å²) in [6, 6.07) is 9.41. The molecule has 2 heterocycles. The quantitative estimate of drug-likeness (QED) is 0.255. The number of rotatable bonds is 9. The second-order valence-corrected chi connectivity index (χ2v) is 9.90. The number of anilines is 1. The summed E-state index contributed by atoms with van der Waals surface area (Å²) in [5.41, 5.74) is 2.14. The van der Waals surface area contributed by atoms with Crippen molar-refractivity contribution in [3.05, 3.63) is 69.1 Å². The van der Waals surface area contributed by atoms with Crippen molar-refractivity contribution in [3.63, 3.8) is 0 Å². The zero-order valence-electron chi connectivity index (χ0n) is 20.3. The van der Waals surface area contributed by atoms with Crippen LogP contribution in [0.15, 0.2) is 57.3 Å². The number of nitrogens with zero attached hydrogens (tertiary/aromatic N) is 3. The first-order valence-corrected chi connectivity index (χ1v) is 13.0. The molecule has 0 aliphatic carbocycles. The van der Waals surface area contributed by atoms with Gasteiger partial charge in [0.2, 0.25) is 11.1 Å². The number of hydrogen-bond acceptors (Lipinski definition) is 8. The number of halogens is 2. The monoisotopic (exact) mass is 576 g/mol. The summed E-state index contributed by atoms with van der Waals surface area (Å²) < 4.78 is 33.0. The highest BCUT2D eigenvalue weighted by molar-refractivity contribution is 9.10. The van der Waals surface area contributed by atoms with E-state index in [4.69, 9.17) is 14.2 Å². The van der Waals surface area contributed by atoms with Gasteiger partial charge in [0.25, 0.3) is 0 Å². The van der Waals surface area contributed by atoms with Crippen molar-refractivity contribution in [3.8, 4) is 11.5 Å². The molecule has 0 saturated carbocycles. The normalized spacial score (nSPS) is 14.8. The molecule has 4 rings (SSSR count). The Bertz CT molecular complexity index is 1310. The first-order valence-electron chi connectivity index (χ1n) is 11.3.